The van der Waals surface area contributed by atoms with Crippen LogP contribution in [0.15, 0.2) is 58.5 Å². The summed E-state index contributed by atoms with van der Waals surface area (Å²) in [5.41, 5.74) is 0.973. The summed E-state index contributed by atoms with van der Waals surface area (Å²) in [7, 11) is 1.62. The number of ether oxygens (including phenoxy) is 1. The third-order valence-corrected chi connectivity index (χ3v) is 4.15. The average molecular weight is 300 g/mol. The molecule has 0 fully saturated rings. The van der Waals surface area contributed by atoms with Crippen LogP contribution in [0.5, 0.6) is 5.75 Å². The van der Waals surface area contributed by atoms with Crippen molar-refractivity contribution in [2.24, 2.45) is 0 Å². The number of aromatic nitrogens is 1. The Balaban J connectivity index is 1.99. The Hall–Kier alpha value is -2.47. The van der Waals surface area contributed by atoms with Crippen LogP contribution in [-0.4, -0.2) is 17.0 Å². The molecule has 5 nitrogen and oxygen atoms in total. The third-order valence-electron chi connectivity index (χ3n) is 3.11. The number of hydrogen-bond donors (Lipinski definition) is 1. The number of hydrogen-bond acceptors (Lipinski definition) is 4. The number of rotatable bonds is 4. The van der Waals surface area contributed by atoms with Crippen molar-refractivity contribution in [2.45, 2.75) is 9.79 Å². The predicted octanol–water partition coefficient (Wildman–Crippen LogP) is 4.24. The van der Waals surface area contributed by atoms with Crippen LogP contribution in [0.1, 0.15) is 0 Å². The summed E-state index contributed by atoms with van der Waals surface area (Å²) in [5.74, 6) is 0.783. The van der Waals surface area contributed by atoms with Gasteiger partial charge >= 0.3 is 0 Å². The average Bonchev–Trinajstić information content (AvgIpc) is 2.90. The van der Waals surface area contributed by atoms with Gasteiger partial charge in [-0.05, 0) is 24.3 Å². The molecule has 1 aromatic heterocycles. The summed E-state index contributed by atoms with van der Waals surface area (Å²) in [6.45, 7) is 0. The highest BCUT2D eigenvalue weighted by Crippen LogP contribution is 2.36. The van der Waals surface area contributed by atoms with E-state index in [9.17, 15) is 10.1 Å². The van der Waals surface area contributed by atoms with Crippen LogP contribution in [0.3, 0.4) is 0 Å². The van der Waals surface area contributed by atoms with Crippen molar-refractivity contribution in [2.75, 3.05) is 7.11 Å². The maximum absolute atomic E-state index is 10.9. The van der Waals surface area contributed by atoms with Crippen LogP contribution >= 0.6 is 11.8 Å². The van der Waals surface area contributed by atoms with Gasteiger partial charge in [0.05, 0.1) is 12.0 Å². The van der Waals surface area contributed by atoms with Gasteiger partial charge in [-0.25, -0.2) is 0 Å². The zero-order valence-corrected chi connectivity index (χ0v) is 12.0. The summed E-state index contributed by atoms with van der Waals surface area (Å²) in [6, 6.07) is 12.5. The van der Waals surface area contributed by atoms with Gasteiger partial charge < -0.3 is 9.72 Å². The summed E-state index contributed by atoms with van der Waals surface area (Å²) >= 11 is 1.54. The van der Waals surface area contributed by atoms with E-state index in [1.807, 2.05) is 30.5 Å². The van der Waals surface area contributed by atoms with Gasteiger partial charge in [-0.2, -0.15) is 0 Å². The number of H-pyrrole nitrogens is 1. The first-order chi connectivity index (χ1) is 10.2. The number of nitro groups is 1. The molecule has 21 heavy (non-hydrogen) atoms. The third kappa shape index (κ3) is 2.71. The maximum atomic E-state index is 10.9. The summed E-state index contributed by atoms with van der Waals surface area (Å²) in [4.78, 5) is 15.6. The fourth-order valence-electron chi connectivity index (χ4n) is 2.07. The summed E-state index contributed by atoms with van der Waals surface area (Å²) < 4.78 is 5.20. The Kier molecular flexibility index (Phi) is 3.53. The molecule has 0 atom stereocenters. The van der Waals surface area contributed by atoms with Crippen molar-refractivity contribution in [1.29, 1.82) is 0 Å². The molecule has 6 heteroatoms. The smallest absolute Gasteiger partial charge is 0.270 e. The van der Waals surface area contributed by atoms with Crippen LogP contribution in [0, 0.1) is 10.1 Å². The van der Waals surface area contributed by atoms with Crippen LogP contribution < -0.4 is 4.74 Å². The molecule has 3 aromatic rings. The van der Waals surface area contributed by atoms with Gasteiger partial charge in [0.15, 0.2) is 0 Å². The van der Waals surface area contributed by atoms with E-state index in [-0.39, 0.29) is 10.6 Å². The van der Waals surface area contributed by atoms with Crippen LogP contribution in [0.25, 0.3) is 10.9 Å². The molecule has 0 aliphatic rings. The number of fused-ring (bicyclic) bond motifs is 1. The van der Waals surface area contributed by atoms with Gasteiger partial charge in [0.2, 0.25) is 0 Å². The van der Waals surface area contributed by atoms with Gasteiger partial charge in [-0.3, -0.25) is 10.1 Å². The SMILES string of the molecule is COc1cccc(Sc2c[nH]c3ccc([N+](=O)[O-])cc23)c1. The van der Waals surface area contributed by atoms with E-state index in [2.05, 4.69) is 4.98 Å². The predicted molar refractivity (Wildman–Crippen MR) is 82.1 cm³/mol. The van der Waals surface area contributed by atoms with Crippen molar-refractivity contribution < 1.29 is 9.66 Å². The zero-order valence-electron chi connectivity index (χ0n) is 11.2. The molecule has 0 bridgehead atoms. The maximum Gasteiger partial charge on any atom is 0.270 e. The van der Waals surface area contributed by atoms with Crippen LogP contribution in [-0.2, 0) is 0 Å². The molecule has 0 spiro atoms. The summed E-state index contributed by atoms with van der Waals surface area (Å²) in [5, 5.41) is 11.7. The molecule has 0 radical (unpaired) electrons. The Bertz CT molecular complexity index is 814. The molecule has 3 rings (SSSR count). The van der Waals surface area contributed by atoms with E-state index < -0.39 is 0 Å². The van der Waals surface area contributed by atoms with Gasteiger partial charge in [0.25, 0.3) is 5.69 Å². The van der Waals surface area contributed by atoms with Crippen molar-refractivity contribution in [3.05, 3.63) is 58.8 Å². The number of methoxy groups -OCH3 is 1. The lowest BCUT2D eigenvalue weighted by Crippen LogP contribution is -1.86. The van der Waals surface area contributed by atoms with Crippen molar-refractivity contribution in [3.63, 3.8) is 0 Å². The first-order valence-corrected chi connectivity index (χ1v) is 7.06. The monoisotopic (exact) mass is 300 g/mol. The van der Waals surface area contributed by atoms with Gasteiger partial charge in [-0.15, -0.1) is 0 Å². The van der Waals surface area contributed by atoms with Crippen molar-refractivity contribution in [3.8, 4) is 5.75 Å². The number of benzene rings is 2. The minimum absolute atomic E-state index is 0.0922. The van der Waals surface area contributed by atoms with E-state index in [0.717, 1.165) is 26.4 Å². The minimum Gasteiger partial charge on any atom is -0.497 e. The van der Waals surface area contributed by atoms with E-state index in [1.54, 1.807) is 19.2 Å². The van der Waals surface area contributed by atoms with Gasteiger partial charge in [0, 0.05) is 39.0 Å². The van der Waals surface area contributed by atoms with E-state index in [4.69, 9.17) is 4.74 Å². The summed E-state index contributed by atoms with van der Waals surface area (Å²) in [6.07, 6.45) is 1.86. The van der Waals surface area contributed by atoms with Crippen LogP contribution in [0.2, 0.25) is 0 Å². The quantitative estimate of drug-likeness (QED) is 0.578. The number of non-ortho nitro benzene ring substituents is 1. The second-order valence-electron chi connectivity index (χ2n) is 4.42. The molecular weight excluding hydrogens is 288 g/mol. The molecule has 0 aliphatic heterocycles. The number of nitro benzene ring substituents is 1. The number of nitrogens with zero attached hydrogens (tertiary/aromatic N) is 1. The van der Waals surface area contributed by atoms with Crippen molar-refractivity contribution >= 4 is 28.4 Å². The molecule has 1 N–H and O–H groups in total. The van der Waals surface area contributed by atoms with Crippen LogP contribution in [0.4, 0.5) is 5.69 Å². The van der Waals surface area contributed by atoms with E-state index in [1.165, 1.54) is 17.8 Å². The second-order valence-corrected chi connectivity index (χ2v) is 5.54. The molecule has 2 aromatic carbocycles. The first-order valence-electron chi connectivity index (χ1n) is 6.25. The lowest BCUT2D eigenvalue weighted by Gasteiger charge is -2.03. The second kappa shape index (κ2) is 5.49. The molecule has 0 amide bonds. The Morgan fingerprint density at radius 2 is 2.10 bits per heavy atom. The number of aromatic amines is 1. The topological polar surface area (TPSA) is 68.2 Å². The normalized spacial score (nSPS) is 10.7. The first kappa shape index (κ1) is 13.5. The molecule has 1 heterocycles. The molecule has 106 valence electrons. The highest BCUT2D eigenvalue weighted by atomic mass is 32.2. The standard InChI is InChI=1S/C15H12N2O3S/c1-20-11-3-2-4-12(8-11)21-15-9-16-14-6-5-10(17(18)19)7-13(14)15/h2-9,16H,1H3. The largest absolute Gasteiger partial charge is 0.497 e. The van der Waals surface area contributed by atoms with Gasteiger partial charge in [-0.1, -0.05) is 17.8 Å². The van der Waals surface area contributed by atoms with E-state index >= 15 is 0 Å². The van der Waals surface area contributed by atoms with Gasteiger partial charge in [0.1, 0.15) is 5.75 Å². The Morgan fingerprint density at radius 1 is 1.24 bits per heavy atom. The molecule has 0 aliphatic carbocycles. The lowest BCUT2D eigenvalue weighted by molar-refractivity contribution is -0.384. The molecule has 0 unspecified atom stereocenters. The zero-order chi connectivity index (χ0) is 14.8. The fourth-order valence-corrected chi connectivity index (χ4v) is 3.04. The fraction of sp³-hybridized carbons (Fsp3) is 0.0667. The minimum atomic E-state index is -0.383. The Morgan fingerprint density at radius 3 is 2.86 bits per heavy atom. The molecule has 0 saturated carbocycles. The van der Waals surface area contributed by atoms with E-state index in [0.29, 0.717) is 0 Å². The van der Waals surface area contributed by atoms with Crippen molar-refractivity contribution in [1.82, 2.24) is 4.98 Å². The Labute approximate surface area is 125 Å². The highest BCUT2D eigenvalue weighted by molar-refractivity contribution is 7.99. The highest BCUT2D eigenvalue weighted by Gasteiger charge is 2.11. The number of nitrogens with one attached hydrogen (secondary N) is 1. The molecule has 0 saturated heterocycles. The molecular formula is C15H12N2O3S. The lowest BCUT2D eigenvalue weighted by atomic mass is 10.2.